The first-order chi connectivity index (χ1) is 18.1. The Kier molecular flexibility index (Phi) is 9.46. The zero-order valence-electron chi connectivity index (χ0n) is 21.8. The monoisotopic (exact) mass is 541 g/mol. The van der Waals surface area contributed by atoms with Gasteiger partial charge in [0.05, 0.1) is 17.2 Å². The highest BCUT2D eigenvalue weighted by Crippen LogP contribution is 2.27. The van der Waals surface area contributed by atoms with E-state index in [1.165, 1.54) is 24.1 Å². The second kappa shape index (κ2) is 12.6. The van der Waals surface area contributed by atoms with Crippen LogP contribution in [0.5, 0.6) is 5.75 Å². The predicted octanol–water partition coefficient (Wildman–Crippen LogP) is 3.89. The highest BCUT2D eigenvalue weighted by molar-refractivity contribution is 7.92. The zero-order valence-corrected chi connectivity index (χ0v) is 22.7. The summed E-state index contributed by atoms with van der Waals surface area (Å²) in [5.41, 5.74) is 2.00. The molecule has 0 radical (unpaired) electrons. The minimum Gasteiger partial charge on any atom is -0.494 e. The van der Waals surface area contributed by atoms with Gasteiger partial charge >= 0.3 is 0 Å². The summed E-state index contributed by atoms with van der Waals surface area (Å²) in [6, 6.07) is 17.3. The summed E-state index contributed by atoms with van der Waals surface area (Å²) >= 11 is 0. The number of carbonyl (C=O) groups excluding carboxylic acids is 2. The number of rotatable bonds is 11. The van der Waals surface area contributed by atoms with Gasteiger partial charge < -0.3 is 15.0 Å². The van der Waals surface area contributed by atoms with Gasteiger partial charge in [0.1, 0.15) is 24.2 Å². The maximum Gasteiger partial charge on any atom is 0.264 e. The van der Waals surface area contributed by atoms with E-state index in [9.17, 15) is 22.4 Å². The molecular weight excluding hydrogens is 509 g/mol. The molecule has 0 aromatic heterocycles. The van der Waals surface area contributed by atoms with E-state index in [1.54, 1.807) is 19.1 Å². The van der Waals surface area contributed by atoms with Crippen LogP contribution in [0.2, 0.25) is 0 Å². The SMILES string of the molecule is CCOc1ccc(N(CC(=O)N(Cc2cccc(C)c2)[C@H](C)C(=O)NC)S(=O)(=O)c2ccc(F)cc2)cc1. The third kappa shape index (κ3) is 6.89. The number of aryl methyl sites for hydroxylation is 1. The molecule has 1 N–H and O–H groups in total. The third-order valence-corrected chi connectivity index (χ3v) is 7.75. The van der Waals surface area contributed by atoms with Crippen molar-refractivity contribution in [2.45, 2.75) is 38.3 Å². The molecule has 0 saturated carbocycles. The molecule has 3 rings (SSSR count). The Morgan fingerprint density at radius 1 is 1.03 bits per heavy atom. The van der Waals surface area contributed by atoms with Crippen LogP contribution < -0.4 is 14.4 Å². The van der Waals surface area contributed by atoms with Gasteiger partial charge in [-0.1, -0.05) is 29.8 Å². The summed E-state index contributed by atoms with van der Waals surface area (Å²) in [5, 5.41) is 2.55. The van der Waals surface area contributed by atoms with Gasteiger partial charge in [-0.05, 0) is 74.9 Å². The first-order valence-corrected chi connectivity index (χ1v) is 13.6. The highest BCUT2D eigenvalue weighted by Gasteiger charge is 2.32. The topological polar surface area (TPSA) is 96.0 Å². The van der Waals surface area contributed by atoms with Gasteiger partial charge in [0.25, 0.3) is 10.0 Å². The van der Waals surface area contributed by atoms with Gasteiger partial charge in [-0.3, -0.25) is 13.9 Å². The van der Waals surface area contributed by atoms with E-state index in [0.717, 1.165) is 39.7 Å². The van der Waals surface area contributed by atoms with Gasteiger partial charge in [-0.2, -0.15) is 0 Å². The summed E-state index contributed by atoms with van der Waals surface area (Å²) in [5.74, 6) is -1.02. The molecule has 0 fully saturated rings. The van der Waals surface area contributed by atoms with Gasteiger partial charge in [0.15, 0.2) is 0 Å². The van der Waals surface area contributed by atoms with E-state index in [1.807, 2.05) is 38.1 Å². The number of nitrogens with one attached hydrogen (secondary N) is 1. The largest absolute Gasteiger partial charge is 0.494 e. The molecular formula is C28H32FN3O5S. The fourth-order valence-corrected chi connectivity index (χ4v) is 5.35. The van der Waals surface area contributed by atoms with Crippen molar-refractivity contribution >= 4 is 27.5 Å². The van der Waals surface area contributed by atoms with Crippen molar-refractivity contribution in [3.05, 3.63) is 89.7 Å². The summed E-state index contributed by atoms with van der Waals surface area (Å²) in [7, 11) is -2.81. The van der Waals surface area contributed by atoms with Crippen molar-refractivity contribution in [3.8, 4) is 5.75 Å². The molecule has 0 aliphatic carbocycles. The number of anilines is 1. The second-order valence-corrected chi connectivity index (χ2v) is 10.6. The second-order valence-electron chi connectivity index (χ2n) is 8.69. The summed E-state index contributed by atoms with van der Waals surface area (Å²) in [6.07, 6.45) is 0. The number of hydrogen-bond acceptors (Lipinski definition) is 5. The lowest BCUT2D eigenvalue weighted by Crippen LogP contribution is -2.50. The molecule has 0 saturated heterocycles. The van der Waals surface area contributed by atoms with E-state index in [4.69, 9.17) is 4.74 Å². The molecule has 1 atom stereocenters. The molecule has 3 aromatic carbocycles. The maximum absolute atomic E-state index is 13.7. The Morgan fingerprint density at radius 3 is 2.26 bits per heavy atom. The Bertz CT molecular complexity index is 1360. The van der Waals surface area contributed by atoms with Crippen LogP contribution in [0.15, 0.2) is 77.7 Å². The van der Waals surface area contributed by atoms with Crippen LogP contribution in [-0.2, 0) is 26.2 Å². The molecule has 0 unspecified atom stereocenters. The molecule has 202 valence electrons. The highest BCUT2D eigenvalue weighted by atomic mass is 32.2. The molecule has 0 bridgehead atoms. The van der Waals surface area contributed by atoms with Gasteiger partial charge in [0, 0.05) is 13.6 Å². The van der Waals surface area contributed by atoms with Crippen LogP contribution in [-0.4, -0.2) is 51.4 Å². The number of hydrogen-bond donors (Lipinski definition) is 1. The number of likely N-dealkylation sites (N-methyl/N-ethyl adjacent to an activating group) is 1. The molecule has 10 heteroatoms. The minimum atomic E-state index is -4.28. The lowest BCUT2D eigenvalue weighted by atomic mass is 10.1. The van der Waals surface area contributed by atoms with E-state index < -0.39 is 34.3 Å². The molecule has 3 aromatic rings. The quantitative estimate of drug-likeness (QED) is 0.397. The number of sulfonamides is 1. The summed E-state index contributed by atoms with van der Waals surface area (Å²) < 4.78 is 47.4. The van der Waals surface area contributed by atoms with Crippen molar-refractivity contribution < 1.29 is 27.1 Å². The molecule has 8 nitrogen and oxygen atoms in total. The Labute approximate surface area is 223 Å². The smallest absolute Gasteiger partial charge is 0.264 e. The number of benzene rings is 3. The van der Waals surface area contributed by atoms with E-state index >= 15 is 0 Å². The first-order valence-electron chi connectivity index (χ1n) is 12.1. The molecule has 0 aliphatic heterocycles. The normalized spacial score (nSPS) is 11.9. The van der Waals surface area contributed by atoms with Crippen LogP contribution in [0, 0.1) is 12.7 Å². The average molecular weight is 542 g/mol. The molecule has 0 spiro atoms. The molecule has 0 aliphatic rings. The van der Waals surface area contributed by atoms with Crippen LogP contribution >= 0.6 is 0 Å². The lowest BCUT2D eigenvalue weighted by molar-refractivity contribution is -0.139. The predicted molar refractivity (Wildman–Crippen MR) is 144 cm³/mol. The van der Waals surface area contributed by atoms with Crippen LogP contribution in [0.1, 0.15) is 25.0 Å². The van der Waals surface area contributed by atoms with Gasteiger partial charge in [-0.15, -0.1) is 0 Å². The van der Waals surface area contributed by atoms with E-state index in [2.05, 4.69) is 5.32 Å². The molecule has 0 heterocycles. The lowest BCUT2D eigenvalue weighted by Gasteiger charge is -2.32. The zero-order chi connectivity index (χ0) is 27.9. The van der Waals surface area contributed by atoms with Crippen molar-refractivity contribution in [3.63, 3.8) is 0 Å². The Hall–Kier alpha value is -3.92. The maximum atomic E-state index is 13.7. The van der Waals surface area contributed by atoms with Gasteiger partial charge in [-0.25, -0.2) is 12.8 Å². The Morgan fingerprint density at radius 2 is 1.68 bits per heavy atom. The number of carbonyl (C=O) groups is 2. The van der Waals surface area contributed by atoms with E-state index in [0.29, 0.717) is 12.4 Å². The van der Waals surface area contributed by atoms with Crippen LogP contribution in [0.25, 0.3) is 0 Å². The summed E-state index contributed by atoms with van der Waals surface area (Å²) in [4.78, 5) is 27.4. The first kappa shape index (κ1) is 28.6. The molecule has 2 amide bonds. The number of halogens is 1. The Balaban J connectivity index is 2.03. The van der Waals surface area contributed by atoms with Crippen molar-refractivity contribution in [2.24, 2.45) is 0 Å². The fraction of sp³-hybridized carbons (Fsp3) is 0.286. The standard InChI is InChI=1S/C28H32FN3O5S/c1-5-37-25-13-11-24(12-14-25)32(38(35,36)26-15-9-23(29)10-16-26)19-27(33)31(21(3)28(34)30-4)18-22-8-6-7-20(2)17-22/h6-17,21H,5,18-19H2,1-4H3,(H,30,34)/t21-/m1/s1. The van der Waals surface area contributed by atoms with Crippen molar-refractivity contribution in [1.82, 2.24) is 10.2 Å². The minimum absolute atomic E-state index is 0.100. The van der Waals surface area contributed by atoms with Gasteiger partial charge in [0.2, 0.25) is 11.8 Å². The average Bonchev–Trinajstić information content (AvgIpc) is 2.90. The third-order valence-electron chi connectivity index (χ3n) is 5.97. The number of amides is 2. The number of nitrogens with zero attached hydrogens (tertiary/aromatic N) is 2. The number of ether oxygens (including phenoxy) is 1. The fourth-order valence-electron chi connectivity index (χ4n) is 3.94. The van der Waals surface area contributed by atoms with Crippen molar-refractivity contribution in [1.29, 1.82) is 0 Å². The van der Waals surface area contributed by atoms with E-state index in [-0.39, 0.29) is 23.0 Å². The van der Waals surface area contributed by atoms with Crippen LogP contribution in [0.3, 0.4) is 0 Å². The molecule has 38 heavy (non-hydrogen) atoms. The van der Waals surface area contributed by atoms with Crippen LogP contribution in [0.4, 0.5) is 10.1 Å². The summed E-state index contributed by atoms with van der Waals surface area (Å²) in [6.45, 7) is 5.28. The van der Waals surface area contributed by atoms with Crippen molar-refractivity contribution in [2.75, 3.05) is 24.5 Å².